The first-order valence-corrected chi connectivity index (χ1v) is 20.6. The molecule has 0 aliphatic carbocycles. The largest absolute Gasteiger partial charge is 0.361 e. The highest BCUT2D eigenvalue weighted by Gasteiger charge is 2.41. The molecule has 2 heterocycles. The minimum absolute atomic E-state index is 0.580. The monoisotopic (exact) mass is 694 g/mol. The Kier molecular flexibility index (Phi) is 9.89. The molecule has 2 nitrogen and oxygen atoms in total. The zero-order valence-corrected chi connectivity index (χ0v) is 30.2. The molecule has 0 atom stereocenters. The van der Waals surface area contributed by atoms with Crippen molar-refractivity contribution in [1.82, 2.24) is 9.97 Å². The number of rotatable bonds is 12. The van der Waals surface area contributed by atoms with E-state index in [4.69, 9.17) is 0 Å². The fraction of sp³-hybridized carbons (Fsp3) is 0.0638. The molecular formula is C47H40N2P2. The van der Waals surface area contributed by atoms with Gasteiger partial charge in [0, 0.05) is 35.1 Å². The standard InChI is InChI=1S/C47H40N2P2/c1-7-19-37(20-8-1)47(38-21-9-2-10-22-38,45-33-31-39(48-45)35-50(41-23-11-3-12-24-41)42-25-13-4-14-26-42)46-34-32-40(49-46)36-51(43-27-15-5-16-28-43)44-29-17-6-18-30-44/h1-34,48-49H,35-36H2. The smallest absolute Gasteiger partial charge is 0.100 e. The predicted octanol–water partition coefficient (Wildman–Crippen LogP) is 9.99. The number of aromatic amines is 2. The number of H-pyrrole nitrogens is 2. The minimum Gasteiger partial charge on any atom is -0.361 e. The highest BCUT2D eigenvalue weighted by molar-refractivity contribution is 7.72. The van der Waals surface area contributed by atoms with Crippen molar-refractivity contribution >= 4 is 37.1 Å². The van der Waals surface area contributed by atoms with Crippen LogP contribution < -0.4 is 21.2 Å². The van der Waals surface area contributed by atoms with E-state index in [1.54, 1.807) is 0 Å². The highest BCUT2D eigenvalue weighted by Crippen LogP contribution is 2.46. The van der Waals surface area contributed by atoms with Gasteiger partial charge in [-0.1, -0.05) is 182 Å². The molecule has 51 heavy (non-hydrogen) atoms. The van der Waals surface area contributed by atoms with Crippen molar-refractivity contribution in [2.24, 2.45) is 0 Å². The fourth-order valence-corrected chi connectivity index (χ4v) is 11.8. The van der Waals surface area contributed by atoms with E-state index in [1.807, 2.05) is 0 Å². The summed E-state index contributed by atoms with van der Waals surface area (Å²) in [6.07, 6.45) is 1.86. The normalized spacial score (nSPS) is 11.6. The van der Waals surface area contributed by atoms with Gasteiger partial charge in [0.2, 0.25) is 0 Å². The lowest BCUT2D eigenvalue weighted by Crippen LogP contribution is -2.32. The Morgan fingerprint density at radius 3 is 0.882 bits per heavy atom. The molecule has 0 aliphatic heterocycles. The highest BCUT2D eigenvalue weighted by atomic mass is 31.1. The molecule has 2 aromatic heterocycles. The lowest BCUT2D eigenvalue weighted by atomic mass is 9.69. The summed E-state index contributed by atoms with van der Waals surface area (Å²) >= 11 is 0. The molecule has 0 unspecified atom stereocenters. The first-order valence-electron chi connectivity index (χ1n) is 17.5. The van der Waals surface area contributed by atoms with Crippen molar-refractivity contribution < 1.29 is 0 Å². The minimum atomic E-state index is -0.600. The maximum Gasteiger partial charge on any atom is 0.100 e. The number of hydrogen-bond donors (Lipinski definition) is 2. The molecule has 0 amide bonds. The van der Waals surface area contributed by atoms with Crippen molar-refractivity contribution in [3.63, 3.8) is 0 Å². The van der Waals surface area contributed by atoms with Crippen molar-refractivity contribution in [1.29, 1.82) is 0 Å². The summed E-state index contributed by atoms with van der Waals surface area (Å²) in [5, 5.41) is 5.54. The fourth-order valence-electron chi connectivity index (χ4n) is 7.25. The van der Waals surface area contributed by atoms with Gasteiger partial charge in [0.1, 0.15) is 5.41 Å². The maximum atomic E-state index is 4.02. The van der Waals surface area contributed by atoms with Gasteiger partial charge < -0.3 is 9.97 Å². The molecule has 0 saturated carbocycles. The molecule has 0 saturated heterocycles. The Balaban J connectivity index is 1.24. The quantitative estimate of drug-likeness (QED) is 0.119. The second-order valence-corrected chi connectivity index (χ2v) is 17.2. The van der Waals surface area contributed by atoms with Crippen LogP contribution in [0.4, 0.5) is 0 Å². The van der Waals surface area contributed by atoms with Crippen LogP contribution in [0.2, 0.25) is 0 Å². The Bertz CT molecular complexity index is 2010. The lowest BCUT2D eigenvalue weighted by molar-refractivity contribution is 0.694. The molecule has 6 aromatic carbocycles. The van der Waals surface area contributed by atoms with Gasteiger partial charge in [0.05, 0.1) is 0 Å². The first-order chi connectivity index (χ1) is 25.3. The molecular weight excluding hydrogens is 654 g/mol. The van der Waals surface area contributed by atoms with Gasteiger partial charge in [-0.3, -0.25) is 0 Å². The number of hydrogen-bond acceptors (Lipinski definition) is 0. The third-order valence-electron chi connectivity index (χ3n) is 9.64. The van der Waals surface area contributed by atoms with Gasteiger partial charge in [-0.25, -0.2) is 0 Å². The molecule has 248 valence electrons. The van der Waals surface area contributed by atoms with Crippen LogP contribution >= 0.6 is 15.8 Å². The van der Waals surface area contributed by atoms with E-state index in [1.165, 1.54) is 43.7 Å². The Hall–Kier alpha value is -5.26. The number of aromatic nitrogens is 2. The van der Waals surface area contributed by atoms with Gasteiger partial charge in [-0.15, -0.1) is 0 Å². The molecule has 0 spiro atoms. The van der Waals surface area contributed by atoms with Crippen LogP contribution in [0.25, 0.3) is 0 Å². The second kappa shape index (κ2) is 15.3. The zero-order chi connectivity index (χ0) is 34.3. The Labute approximate surface area is 303 Å². The van der Waals surface area contributed by atoms with Crippen molar-refractivity contribution in [3.8, 4) is 0 Å². The van der Waals surface area contributed by atoms with E-state index < -0.39 is 21.3 Å². The number of benzene rings is 6. The van der Waals surface area contributed by atoms with Crippen molar-refractivity contribution in [2.45, 2.75) is 17.7 Å². The molecule has 2 N–H and O–H groups in total. The average molecular weight is 695 g/mol. The summed E-state index contributed by atoms with van der Waals surface area (Å²) in [5.74, 6) is 0. The van der Waals surface area contributed by atoms with E-state index in [2.05, 4.69) is 216 Å². The third-order valence-corrected chi connectivity index (χ3v) is 14.6. The van der Waals surface area contributed by atoms with Crippen molar-refractivity contribution in [3.05, 3.63) is 240 Å². The summed E-state index contributed by atoms with van der Waals surface area (Å²) < 4.78 is 0. The predicted molar refractivity (Wildman–Crippen MR) is 219 cm³/mol. The SMILES string of the molecule is c1ccc(P(Cc2ccc(C(c3ccccc3)(c3ccccc3)c3ccc(CP(c4ccccc4)c4ccccc4)[nH]3)[nH]2)c2ccccc2)cc1. The molecule has 0 radical (unpaired) electrons. The van der Waals surface area contributed by atoms with Crippen LogP contribution in [0.3, 0.4) is 0 Å². The van der Waals surface area contributed by atoms with Gasteiger partial charge in [-0.2, -0.15) is 0 Å². The Morgan fingerprint density at radius 2 is 0.588 bits per heavy atom. The summed E-state index contributed by atoms with van der Waals surface area (Å²) in [5.41, 5.74) is 6.66. The number of nitrogens with one attached hydrogen (secondary N) is 2. The van der Waals surface area contributed by atoms with Crippen LogP contribution in [0.1, 0.15) is 33.9 Å². The molecule has 8 rings (SSSR count). The molecule has 0 bridgehead atoms. The van der Waals surface area contributed by atoms with Gasteiger partial charge in [0.15, 0.2) is 0 Å². The van der Waals surface area contributed by atoms with Crippen LogP contribution in [-0.2, 0) is 17.7 Å². The summed E-state index contributed by atoms with van der Waals surface area (Å²) in [6.45, 7) is 0. The first kappa shape index (κ1) is 32.9. The molecule has 0 fully saturated rings. The molecule has 0 aliphatic rings. The van der Waals surface area contributed by atoms with E-state index in [9.17, 15) is 0 Å². The molecule has 4 heteroatoms. The Morgan fingerprint density at radius 1 is 0.314 bits per heavy atom. The summed E-state index contributed by atoms with van der Waals surface area (Å²) in [7, 11) is -1.20. The van der Waals surface area contributed by atoms with E-state index in [0.717, 1.165) is 23.7 Å². The summed E-state index contributed by atoms with van der Waals surface area (Å²) in [6, 6.07) is 75.2. The van der Waals surface area contributed by atoms with Crippen LogP contribution in [-0.4, -0.2) is 9.97 Å². The lowest BCUT2D eigenvalue weighted by Gasteiger charge is -2.34. The third kappa shape index (κ3) is 6.91. The van der Waals surface area contributed by atoms with Crippen LogP contribution in [0.5, 0.6) is 0 Å². The molecule has 8 aromatic rings. The van der Waals surface area contributed by atoms with E-state index >= 15 is 0 Å². The maximum absolute atomic E-state index is 4.02. The zero-order valence-electron chi connectivity index (χ0n) is 28.4. The van der Waals surface area contributed by atoms with E-state index in [-0.39, 0.29) is 0 Å². The summed E-state index contributed by atoms with van der Waals surface area (Å²) in [4.78, 5) is 8.04. The van der Waals surface area contributed by atoms with Gasteiger partial charge in [-0.05, 0) is 72.5 Å². The van der Waals surface area contributed by atoms with Crippen molar-refractivity contribution in [2.75, 3.05) is 0 Å². The van der Waals surface area contributed by atoms with Crippen LogP contribution in [0.15, 0.2) is 206 Å². The van der Waals surface area contributed by atoms with Crippen LogP contribution in [0, 0.1) is 0 Å². The topological polar surface area (TPSA) is 31.6 Å². The van der Waals surface area contributed by atoms with Gasteiger partial charge >= 0.3 is 0 Å². The van der Waals surface area contributed by atoms with Gasteiger partial charge in [0.25, 0.3) is 0 Å². The second-order valence-electron chi connectivity index (χ2n) is 12.8. The van der Waals surface area contributed by atoms with E-state index in [0.29, 0.717) is 0 Å². The average Bonchev–Trinajstić information content (AvgIpc) is 3.89.